The topological polar surface area (TPSA) is 67.0 Å². The maximum absolute atomic E-state index is 12.2. The van der Waals surface area contributed by atoms with Gasteiger partial charge in [-0.25, -0.2) is 0 Å². The highest BCUT2D eigenvalue weighted by Gasteiger charge is 2.12. The summed E-state index contributed by atoms with van der Waals surface area (Å²) in [5.41, 5.74) is 1.53. The third-order valence-electron chi connectivity index (χ3n) is 3.05. The molecule has 0 bridgehead atoms. The molecule has 0 radical (unpaired) electrons. The molecule has 112 valence electrons. The Bertz CT molecular complexity index is 579. The predicted octanol–water partition coefficient (Wildman–Crippen LogP) is 2.94. The van der Waals surface area contributed by atoms with Crippen LogP contribution in [0.3, 0.4) is 0 Å². The number of nitrogens with zero attached hydrogens (tertiary/aromatic N) is 1. The van der Waals surface area contributed by atoms with Gasteiger partial charge in [-0.05, 0) is 31.0 Å². The summed E-state index contributed by atoms with van der Waals surface area (Å²) in [6.07, 6.45) is 3.47. The second-order valence-electron chi connectivity index (χ2n) is 5.46. The first-order chi connectivity index (χ1) is 10.1. The number of carbonyl (C=O) groups excluding carboxylic acids is 1. The van der Waals surface area contributed by atoms with Crippen molar-refractivity contribution in [3.63, 3.8) is 0 Å². The zero-order chi connectivity index (χ0) is 15.2. The molecule has 0 saturated heterocycles. The number of H-pyrrole nitrogens is 1. The summed E-state index contributed by atoms with van der Waals surface area (Å²) in [6, 6.07) is 7.13. The number of ether oxygens (including phenoxy) is 1. The number of rotatable bonds is 6. The van der Waals surface area contributed by atoms with Crippen LogP contribution in [0.25, 0.3) is 0 Å². The SMILES string of the molecule is CC(C)COc1cccc(C(=O)NC(C)c2cn[nH]c2)c1. The number of hydrogen-bond donors (Lipinski definition) is 2. The lowest BCUT2D eigenvalue weighted by Gasteiger charge is -2.13. The van der Waals surface area contributed by atoms with Crippen LogP contribution in [0, 0.1) is 5.92 Å². The number of benzene rings is 1. The zero-order valence-electron chi connectivity index (χ0n) is 12.6. The molecule has 5 nitrogen and oxygen atoms in total. The molecule has 1 aromatic carbocycles. The zero-order valence-corrected chi connectivity index (χ0v) is 12.6. The minimum atomic E-state index is -0.126. The van der Waals surface area contributed by atoms with E-state index in [2.05, 4.69) is 29.4 Å². The van der Waals surface area contributed by atoms with E-state index < -0.39 is 0 Å². The van der Waals surface area contributed by atoms with Crippen molar-refractivity contribution in [1.29, 1.82) is 0 Å². The highest BCUT2D eigenvalue weighted by molar-refractivity contribution is 5.94. The van der Waals surface area contributed by atoms with Gasteiger partial charge in [0, 0.05) is 17.3 Å². The van der Waals surface area contributed by atoms with Gasteiger partial charge >= 0.3 is 0 Å². The molecule has 2 aromatic rings. The molecular weight excluding hydrogens is 266 g/mol. The van der Waals surface area contributed by atoms with Crippen molar-refractivity contribution in [3.8, 4) is 5.75 Å². The van der Waals surface area contributed by atoms with Crippen LogP contribution < -0.4 is 10.1 Å². The fraction of sp³-hybridized carbons (Fsp3) is 0.375. The third-order valence-corrected chi connectivity index (χ3v) is 3.05. The highest BCUT2D eigenvalue weighted by atomic mass is 16.5. The van der Waals surface area contributed by atoms with Crippen LogP contribution in [0.4, 0.5) is 0 Å². The molecule has 2 N–H and O–H groups in total. The van der Waals surface area contributed by atoms with E-state index in [0.29, 0.717) is 23.8 Å². The lowest BCUT2D eigenvalue weighted by Crippen LogP contribution is -2.26. The molecule has 1 aromatic heterocycles. The molecule has 0 fully saturated rings. The third kappa shape index (κ3) is 4.34. The lowest BCUT2D eigenvalue weighted by atomic mass is 10.1. The summed E-state index contributed by atoms with van der Waals surface area (Å²) in [5.74, 6) is 1.04. The molecule has 1 unspecified atom stereocenters. The van der Waals surface area contributed by atoms with Crippen molar-refractivity contribution >= 4 is 5.91 Å². The first-order valence-electron chi connectivity index (χ1n) is 7.08. The van der Waals surface area contributed by atoms with E-state index in [-0.39, 0.29) is 11.9 Å². The summed E-state index contributed by atoms with van der Waals surface area (Å²) < 4.78 is 5.64. The fourth-order valence-electron chi connectivity index (χ4n) is 1.85. The normalized spacial score (nSPS) is 12.2. The molecule has 1 atom stereocenters. The molecule has 5 heteroatoms. The summed E-state index contributed by atoms with van der Waals surface area (Å²) in [6.45, 7) is 6.73. The van der Waals surface area contributed by atoms with E-state index in [0.717, 1.165) is 5.56 Å². The van der Waals surface area contributed by atoms with Gasteiger partial charge in [-0.15, -0.1) is 0 Å². The van der Waals surface area contributed by atoms with Crippen molar-refractivity contribution < 1.29 is 9.53 Å². The van der Waals surface area contributed by atoms with E-state index >= 15 is 0 Å². The van der Waals surface area contributed by atoms with Crippen molar-refractivity contribution in [2.75, 3.05) is 6.61 Å². The largest absolute Gasteiger partial charge is 0.493 e. The van der Waals surface area contributed by atoms with Crippen LogP contribution in [0.15, 0.2) is 36.7 Å². The molecule has 0 aliphatic heterocycles. The highest BCUT2D eigenvalue weighted by Crippen LogP contribution is 2.16. The predicted molar refractivity (Wildman–Crippen MR) is 81.2 cm³/mol. The number of nitrogens with one attached hydrogen (secondary N) is 2. The van der Waals surface area contributed by atoms with E-state index in [1.165, 1.54) is 0 Å². The summed E-state index contributed by atoms with van der Waals surface area (Å²) in [5, 5.41) is 9.56. The minimum absolute atomic E-state index is 0.100. The van der Waals surface area contributed by atoms with Crippen molar-refractivity contribution in [2.24, 2.45) is 5.92 Å². The maximum Gasteiger partial charge on any atom is 0.251 e. The monoisotopic (exact) mass is 287 g/mol. The molecule has 1 heterocycles. The van der Waals surface area contributed by atoms with Gasteiger partial charge in [-0.2, -0.15) is 5.10 Å². The standard InChI is InChI=1S/C16H21N3O2/c1-11(2)10-21-15-6-4-5-13(7-15)16(20)19-12(3)14-8-17-18-9-14/h4-9,11-12H,10H2,1-3H3,(H,17,18)(H,19,20). The van der Waals surface area contributed by atoms with Gasteiger partial charge < -0.3 is 10.1 Å². The Labute approximate surface area is 124 Å². The van der Waals surface area contributed by atoms with Gasteiger partial charge in [0.1, 0.15) is 5.75 Å². The van der Waals surface area contributed by atoms with Crippen LogP contribution in [-0.2, 0) is 0 Å². The molecular formula is C16H21N3O2. The molecule has 0 spiro atoms. The van der Waals surface area contributed by atoms with Crippen LogP contribution in [0.2, 0.25) is 0 Å². The molecule has 1 amide bonds. The first-order valence-corrected chi connectivity index (χ1v) is 7.08. The van der Waals surface area contributed by atoms with E-state index in [1.54, 1.807) is 24.5 Å². The molecule has 0 aliphatic rings. The lowest BCUT2D eigenvalue weighted by molar-refractivity contribution is 0.0939. The number of aromatic amines is 1. The number of aromatic nitrogens is 2. The quantitative estimate of drug-likeness (QED) is 0.858. The van der Waals surface area contributed by atoms with E-state index in [4.69, 9.17) is 4.74 Å². The summed E-state index contributed by atoms with van der Waals surface area (Å²) >= 11 is 0. The Morgan fingerprint density at radius 2 is 2.19 bits per heavy atom. The van der Waals surface area contributed by atoms with Crippen molar-refractivity contribution in [3.05, 3.63) is 47.8 Å². The van der Waals surface area contributed by atoms with Gasteiger partial charge in [-0.3, -0.25) is 9.89 Å². The number of hydrogen-bond acceptors (Lipinski definition) is 3. The second-order valence-corrected chi connectivity index (χ2v) is 5.46. The van der Waals surface area contributed by atoms with Crippen LogP contribution >= 0.6 is 0 Å². The fourth-order valence-corrected chi connectivity index (χ4v) is 1.85. The Balaban J connectivity index is 2.00. The Hall–Kier alpha value is -2.30. The van der Waals surface area contributed by atoms with E-state index in [1.807, 2.05) is 19.1 Å². The van der Waals surface area contributed by atoms with Crippen LogP contribution in [0.5, 0.6) is 5.75 Å². The van der Waals surface area contributed by atoms with Gasteiger partial charge in [0.05, 0.1) is 18.8 Å². The molecule has 0 saturated carbocycles. The summed E-state index contributed by atoms with van der Waals surface area (Å²) in [7, 11) is 0. The van der Waals surface area contributed by atoms with Gasteiger partial charge in [-0.1, -0.05) is 19.9 Å². The Kier molecular flexibility index (Phi) is 4.98. The first kappa shape index (κ1) is 15.1. The number of carbonyl (C=O) groups is 1. The minimum Gasteiger partial charge on any atom is -0.493 e. The molecule has 2 rings (SSSR count). The average molecular weight is 287 g/mol. The average Bonchev–Trinajstić information content (AvgIpc) is 2.99. The van der Waals surface area contributed by atoms with Crippen molar-refractivity contribution in [2.45, 2.75) is 26.8 Å². The van der Waals surface area contributed by atoms with Gasteiger partial charge in [0.15, 0.2) is 0 Å². The van der Waals surface area contributed by atoms with E-state index in [9.17, 15) is 4.79 Å². The summed E-state index contributed by atoms with van der Waals surface area (Å²) in [4.78, 5) is 12.2. The maximum atomic E-state index is 12.2. The van der Waals surface area contributed by atoms with Gasteiger partial charge in [0.25, 0.3) is 5.91 Å². The molecule has 21 heavy (non-hydrogen) atoms. The smallest absolute Gasteiger partial charge is 0.251 e. The Morgan fingerprint density at radius 1 is 1.38 bits per heavy atom. The van der Waals surface area contributed by atoms with Gasteiger partial charge in [0.2, 0.25) is 0 Å². The van der Waals surface area contributed by atoms with Crippen molar-refractivity contribution in [1.82, 2.24) is 15.5 Å². The Morgan fingerprint density at radius 3 is 2.86 bits per heavy atom. The second kappa shape index (κ2) is 6.92. The number of amides is 1. The molecule has 0 aliphatic carbocycles. The van der Waals surface area contributed by atoms with Crippen LogP contribution in [0.1, 0.15) is 42.7 Å². The van der Waals surface area contributed by atoms with Crippen LogP contribution in [-0.4, -0.2) is 22.7 Å².